The largest absolute Gasteiger partial charge is 0.379 e. The molecule has 0 saturated heterocycles. The van der Waals surface area contributed by atoms with Crippen molar-refractivity contribution in [3.8, 4) is 0 Å². The molecular formula is C19H26I2N6O6. The number of anilines is 2. The molecule has 182 valence electrons. The number of halogens is 2. The van der Waals surface area contributed by atoms with Gasteiger partial charge in [-0.3, -0.25) is 14.4 Å². The second kappa shape index (κ2) is 18.7. The SMILES string of the molecule is [N-]=[N+]=NCCOCCOCCOCCNC(=O)c1ccc(NC(=O)CI)cc1NC(=O)CI. The Kier molecular flexibility index (Phi) is 16.6. The molecule has 0 aliphatic heterocycles. The monoisotopic (exact) mass is 688 g/mol. The van der Waals surface area contributed by atoms with E-state index < -0.39 is 0 Å². The van der Waals surface area contributed by atoms with Crippen molar-refractivity contribution in [3.63, 3.8) is 0 Å². The van der Waals surface area contributed by atoms with Gasteiger partial charge in [0.05, 0.1) is 59.7 Å². The number of alkyl halides is 2. The highest BCUT2D eigenvalue weighted by Crippen LogP contribution is 2.21. The zero-order valence-electron chi connectivity index (χ0n) is 17.9. The lowest BCUT2D eigenvalue weighted by atomic mass is 10.1. The number of hydrogen-bond acceptors (Lipinski definition) is 7. The zero-order chi connectivity index (χ0) is 24.3. The number of carbonyl (C=O) groups excluding carboxylic acids is 3. The van der Waals surface area contributed by atoms with E-state index in [1.807, 2.05) is 45.2 Å². The average molecular weight is 688 g/mol. The normalized spacial score (nSPS) is 10.2. The molecule has 33 heavy (non-hydrogen) atoms. The third-order valence-electron chi connectivity index (χ3n) is 3.74. The number of azide groups is 1. The first-order valence-corrected chi connectivity index (χ1v) is 12.9. The summed E-state index contributed by atoms with van der Waals surface area (Å²) in [4.78, 5) is 38.6. The van der Waals surface area contributed by atoms with Gasteiger partial charge in [-0.15, -0.1) is 0 Å². The van der Waals surface area contributed by atoms with Gasteiger partial charge >= 0.3 is 0 Å². The fraction of sp³-hybridized carbons (Fsp3) is 0.526. The van der Waals surface area contributed by atoms with Crippen molar-refractivity contribution in [1.29, 1.82) is 0 Å². The Morgan fingerprint density at radius 3 is 2.15 bits per heavy atom. The molecule has 0 saturated carbocycles. The summed E-state index contributed by atoms with van der Waals surface area (Å²) in [5.41, 5.74) is 9.21. The Morgan fingerprint density at radius 2 is 1.52 bits per heavy atom. The van der Waals surface area contributed by atoms with Crippen LogP contribution in [0.25, 0.3) is 10.4 Å². The van der Waals surface area contributed by atoms with Gasteiger partial charge in [-0.25, -0.2) is 0 Å². The molecule has 0 aromatic heterocycles. The molecule has 0 atom stereocenters. The highest BCUT2D eigenvalue weighted by molar-refractivity contribution is 14.1. The van der Waals surface area contributed by atoms with E-state index in [0.29, 0.717) is 44.4 Å². The van der Waals surface area contributed by atoms with Crippen molar-refractivity contribution in [1.82, 2.24) is 5.32 Å². The number of amides is 3. The molecule has 0 unspecified atom stereocenters. The second-order valence-corrected chi connectivity index (χ2v) is 7.70. The van der Waals surface area contributed by atoms with E-state index in [9.17, 15) is 14.4 Å². The van der Waals surface area contributed by atoms with Crippen LogP contribution in [0.2, 0.25) is 0 Å². The van der Waals surface area contributed by atoms with Crippen molar-refractivity contribution in [3.05, 3.63) is 34.2 Å². The zero-order valence-corrected chi connectivity index (χ0v) is 22.2. The molecule has 1 rings (SSSR count). The Balaban J connectivity index is 2.36. The number of nitrogens with zero attached hydrogens (tertiary/aromatic N) is 3. The smallest absolute Gasteiger partial charge is 0.253 e. The van der Waals surface area contributed by atoms with E-state index in [1.165, 1.54) is 0 Å². The van der Waals surface area contributed by atoms with Crippen LogP contribution in [0, 0.1) is 0 Å². The number of benzene rings is 1. The van der Waals surface area contributed by atoms with E-state index >= 15 is 0 Å². The predicted molar refractivity (Wildman–Crippen MR) is 140 cm³/mol. The van der Waals surface area contributed by atoms with Crippen molar-refractivity contribution in [2.24, 2.45) is 5.11 Å². The van der Waals surface area contributed by atoms with Crippen molar-refractivity contribution in [2.75, 3.05) is 72.2 Å². The van der Waals surface area contributed by atoms with Gasteiger partial charge in [0.1, 0.15) is 0 Å². The standard InChI is InChI=1S/C19H26I2N6O6/c20-12-17(28)25-14-1-2-15(16(11-14)26-18(29)13-21)19(30)23-3-5-31-7-9-33-10-8-32-6-4-24-27-22/h1-2,11H,3-10,12-13H2,(H,23,30)(H,25,28)(H,26,29). The summed E-state index contributed by atoms with van der Waals surface area (Å²) in [5.74, 6) is -0.812. The molecule has 0 fully saturated rings. The lowest BCUT2D eigenvalue weighted by Gasteiger charge is -2.13. The van der Waals surface area contributed by atoms with Gasteiger partial charge < -0.3 is 30.2 Å². The summed E-state index contributed by atoms with van der Waals surface area (Å²) in [7, 11) is 0. The number of hydrogen-bond donors (Lipinski definition) is 3. The highest BCUT2D eigenvalue weighted by Gasteiger charge is 2.14. The summed E-state index contributed by atoms with van der Waals surface area (Å²) < 4.78 is 16.5. The quantitative estimate of drug-likeness (QED) is 0.0569. The Labute approximate surface area is 218 Å². The lowest BCUT2D eigenvalue weighted by Crippen LogP contribution is -2.29. The van der Waals surface area contributed by atoms with E-state index in [4.69, 9.17) is 19.7 Å². The molecule has 3 amide bonds. The molecule has 0 bridgehead atoms. The molecule has 0 aliphatic carbocycles. The maximum Gasteiger partial charge on any atom is 0.253 e. The van der Waals surface area contributed by atoms with Crippen LogP contribution in [0.15, 0.2) is 23.3 Å². The minimum Gasteiger partial charge on any atom is -0.379 e. The van der Waals surface area contributed by atoms with E-state index in [2.05, 4.69) is 26.0 Å². The van der Waals surface area contributed by atoms with E-state index in [1.54, 1.807) is 18.2 Å². The summed E-state index contributed by atoms with van der Waals surface area (Å²) >= 11 is 3.87. The van der Waals surface area contributed by atoms with Gasteiger partial charge in [-0.1, -0.05) is 50.3 Å². The summed E-state index contributed by atoms with van der Waals surface area (Å²) in [5, 5.41) is 11.5. The first-order chi connectivity index (χ1) is 16.0. The number of nitrogens with one attached hydrogen (secondary N) is 3. The Morgan fingerprint density at radius 1 is 0.909 bits per heavy atom. The molecule has 0 radical (unpaired) electrons. The van der Waals surface area contributed by atoms with Crippen LogP contribution in [0.3, 0.4) is 0 Å². The highest BCUT2D eigenvalue weighted by atomic mass is 127. The molecule has 12 nitrogen and oxygen atoms in total. The lowest BCUT2D eigenvalue weighted by molar-refractivity contribution is -0.114. The van der Waals surface area contributed by atoms with Crippen molar-refractivity contribution in [2.45, 2.75) is 0 Å². The molecule has 1 aromatic rings. The number of carbonyl (C=O) groups is 3. The fourth-order valence-corrected chi connectivity index (χ4v) is 2.71. The summed E-state index contributed by atoms with van der Waals surface area (Å²) in [6.45, 7) is 2.73. The Hall–Kier alpha value is -1.72. The third kappa shape index (κ3) is 13.5. The second-order valence-electron chi connectivity index (χ2n) is 6.17. The first kappa shape index (κ1) is 29.3. The van der Waals surface area contributed by atoms with Gasteiger partial charge in [0.2, 0.25) is 11.8 Å². The number of ether oxygens (including phenoxy) is 3. The molecule has 14 heteroatoms. The fourth-order valence-electron chi connectivity index (χ4n) is 2.33. The molecule has 1 aromatic carbocycles. The maximum absolute atomic E-state index is 12.6. The number of rotatable bonds is 17. The third-order valence-corrected chi connectivity index (χ3v) is 5.13. The van der Waals surface area contributed by atoms with Crippen LogP contribution in [0.1, 0.15) is 10.4 Å². The van der Waals surface area contributed by atoms with Gasteiger partial charge in [0.15, 0.2) is 0 Å². The maximum atomic E-state index is 12.6. The minimum atomic E-state index is -0.372. The van der Waals surface area contributed by atoms with Crippen molar-refractivity contribution < 1.29 is 28.6 Å². The molecule has 3 N–H and O–H groups in total. The Bertz CT molecular complexity index is 822. The molecule has 0 aliphatic rings. The average Bonchev–Trinajstić information content (AvgIpc) is 2.81. The van der Waals surface area contributed by atoms with Gasteiger partial charge in [0.25, 0.3) is 5.91 Å². The molecule has 0 spiro atoms. The first-order valence-electron chi connectivity index (χ1n) is 9.89. The van der Waals surface area contributed by atoms with Gasteiger partial charge in [0, 0.05) is 23.7 Å². The van der Waals surface area contributed by atoms with Crippen LogP contribution in [-0.2, 0) is 23.8 Å². The van der Waals surface area contributed by atoms with E-state index in [-0.39, 0.29) is 51.8 Å². The van der Waals surface area contributed by atoms with Crippen LogP contribution >= 0.6 is 45.2 Å². The molecule has 0 heterocycles. The topological polar surface area (TPSA) is 164 Å². The predicted octanol–water partition coefficient (Wildman–Crippen LogP) is 2.52. The van der Waals surface area contributed by atoms with Gasteiger partial charge in [-0.05, 0) is 23.7 Å². The summed E-state index contributed by atoms with van der Waals surface area (Å²) in [6, 6.07) is 4.70. The van der Waals surface area contributed by atoms with Crippen LogP contribution in [0.4, 0.5) is 11.4 Å². The van der Waals surface area contributed by atoms with Crippen LogP contribution in [-0.4, -0.2) is 79.3 Å². The summed E-state index contributed by atoms with van der Waals surface area (Å²) in [6.07, 6.45) is 0. The molecular weight excluding hydrogens is 662 g/mol. The van der Waals surface area contributed by atoms with E-state index in [0.717, 1.165) is 0 Å². The van der Waals surface area contributed by atoms with Gasteiger partial charge in [-0.2, -0.15) is 0 Å². The minimum absolute atomic E-state index is 0.182. The van der Waals surface area contributed by atoms with Crippen molar-refractivity contribution >= 4 is 74.3 Å². The van der Waals surface area contributed by atoms with Crippen LogP contribution < -0.4 is 16.0 Å². The van der Waals surface area contributed by atoms with Crippen LogP contribution in [0.5, 0.6) is 0 Å².